The SMILES string of the molecule is Cc1ccc2[nH]c(CNCc3ccccc3CN3CCCC3=O)nc2c1C. The van der Waals surface area contributed by atoms with E-state index in [4.69, 9.17) is 4.98 Å². The molecule has 3 aromatic rings. The van der Waals surface area contributed by atoms with E-state index in [1.807, 2.05) is 11.0 Å². The first-order chi connectivity index (χ1) is 13.1. The number of hydrogen-bond donors (Lipinski definition) is 2. The maximum Gasteiger partial charge on any atom is 0.222 e. The van der Waals surface area contributed by atoms with Gasteiger partial charge >= 0.3 is 0 Å². The van der Waals surface area contributed by atoms with E-state index in [1.54, 1.807) is 0 Å². The molecular weight excluding hydrogens is 336 g/mol. The molecular formula is C22H26N4O. The van der Waals surface area contributed by atoms with E-state index in [1.165, 1.54) is 22.3 Å². The van der Waals surface area contributed by atoms with Gasteiger partial charge in [0, 0.05) is 26.1 Å². The summed E-state index contributed by atoms with van der Waals surface area (Å²) in [6.07, 6.45) is 1.66. The number of carbonyl (C=O) groups is 1. The Morgan fingerprint density at radius 3 is 2.70 bits per heavy atom. The Bertz CT molecular complexity index is 976. The number of benzene rings is 2. The molecule has 1 amide bonds. The van der Waals surface area contributed by atoms with E-state index in [2.05, 4.69) is 54.5 Å². The summed E-state index contributed by atoms with van der Waals surface area (Å²) in [5.74, 6) is 1.22. The van der Waals surface area contributed by atoms with Gasteiger partial charge in [-0.1, -0.05) is 30.3 Å². The summed E-state index contributed by atoms with van der Waals surface area (Å²) in [6, 6.07) is 12.6. The molecule has 5 heteroatoms. The number of H-pyrrole nitrogens is 1. The fourth-order valence-electron chi connectivity index (χ4n) is 3.72. The molecule has 1 fully saturated rings. The van der Waals surface area contributed by atoms with Crippen LogP contribution < -0.4 is 5.32 Å². The van der Waals surface area contributed by atoms with Gasteiger partial charge in [-0.3, -0.25) is 4.79 Å². The maximum absolute atomic E-state index is 11.9. The molecule has 27 heavy (non-hydrogen) atoms. The van der Waals surface area contributed by atoms with Gasteiger partial charge in [0.2, 0.25) is 5.91 Å². The normalized spacial score (nSPS) is 14.4. The van der Waals surface area contributed by atoms with Crippen LogP contribution in [-0.2, 0) is 24.4 Å². The van der Waals surface area contributed by atoms with Gasteiger partial charge < -0.3 is 15.2 Å². The number of amides is 1. The molecule has 0 unspecified atom stereocenters. The first-order valence-electron chi connectivity index (χ1n) is 9.62. The summed E-state index contributed by atoms with van der Waals surface area (Å²) in [5.41, 5.74) is 7.09. The molecule has 0 bridgehead atoms. The average Bonchev–Trinajstić information content (AvgIpc) is 3.26. The van der Waals surface area contributed by atoms with E-state index in [0.717, 1.165) is 36.4 Å². The van der Waals surface area contributed by atoms with Crippen LogP contribution >= 0.6 is 0 Å². The lowest BCUT2D eigenvalue weighted by atomic mass is 10.1. The van der Waals surface area contributed by atoms with Gasteiger partial charge in [-0.15, -0.1) is 0 Å². The number of nitrogens with zero attached hydrogens (tertiary/aromatic N) is 2. The zero-order valence-corrected chi connectivity index (χ0v) is 16.0. The predicted molar refractivity (Wildman–Crippen MR) is 107 cm³/mol. The second kappa shape index (κ2) is 7.53. The Morgan fingerprint density at radius 2 is 1.93 bits per heavy atom. The lowest BCUT2D eigenvalue weighted by Gasteiger charge is -2.18. The number of fused-ring (bicyclic) bond motifs is 1. The minimum atomic E-state index is 0.269. The molecule has 140 valence electrons. The number of rotatable bonds is 6. The lowest BCUT2D eigenvalue weighted by molar-refractivity contribution is -0.128. The van der Waals surface area contributed by atoms with Crippen LogP contribution in [0.15, 0.2) is 36.4 Å². The quantitative estimate of drug-likeness (QED) is 0.704. The highest BCUT2D eigenvalue weighted by molar-refractivity contribution is 5.80. The van der Waals surface area contributed by atoms with Crippen molar-refractivity contribution in [3.05, 3.63) is 64.5 Å². The number of nitrogens with one attached hydrogen (secondary N) is 2. The highest BCUT2D eigenvalue weighted by Crippen LogP contribution is 2.20. The number of imidazole rings is 1. The second-order valence-electron chi connectivity index (χ2n) is 7.38. The molecule has 0 radical (unpaired) electrons. The number of carbonyl (C=O) groups excluding carboxylic acids is 1. The Hall–Kier alpha value is -2.66. The molecule has 1 aliphatic heterocycles. The molecule has 5 nitrogen and oxygen atoms in total. The molecule has 2 heterocycles. The molecule has 0 saturated carbocycles. The Labute approximate surface area is 159 Å². The molecule has 1 aliphatic rings. The van der Waals surface area contributed by atoms with E-state index >= 15 is 0 Å². The first kappa shape index (κ1) is 17.7. The van der Waals surface area contributed by atoms with E-state index < -0.39 is 0 Å². The van der Waals surface area contributed by atoms with Gasteiger partial charge in [0.1, 0.15) is 5.82 Å². The second-order valence-corrected chi connectivity index (χ2v) is 7.38. The topological polar surface area (TPSA) is 61.0 Å². The average molecular weight is 362 g/mol. The van der Waals surface area contributed by atoms with Gasteiger partial charge in [0.15, 0.2) is 0 Å². The van der Waals surface area contributed by atoms with Crippen LogP contribution in [0.25, 0.3) is 11.0 Å². The van der Waals surface area contributed by atoms with Crippen molar-refractivity contribution in [3.63, 3.8) is 0 Å². The lowest BCUT2D eigenvalue weighted by Crippen LogP contribution is -2.25. The highest BCUT2D eigenvalue weighted by Gasteiger charge is 2.20. The van der Waals surface area contributed by atoms with Gasteiger partial charge in [0.05, 0.1) is 17.6 Å². The summed E-state index contributed by atoms with van der Waals surface area (Å²) >= 11 is 0. The van der Waals surface area contributed by atoms with Crippen LogP contribution in [0.5, 0.6) is 0 Å². The van der Waals surface area contributed by atoms with E-state index in [-0.39, 0.29) is 5.91 Å². The van der Waals surface area contributed by atoms with Crippen molar-refractivity contribution in [2.24, 2.45) is 0 Å². The number of likely N-dealkylation sites (tertiary alicyclic amines) is 1. The fraction of sp³-hybridized carbons (Fsp3) is 0.364. The van der Waals surface area contributed by atoms with Crippen LogP contribution in [0.1, 0.15) is 40.9 Å². The number of aryl methyl sites for hydroxylation is 2. The molecule has 1 aromatic heterocycles. The van der Waals surface area contributed by atoms with Crippen LogP contribution in [0, 0.1) is 13.8 Å². The van der Waals surface area contributed by atoms with Crippen molar-refractivity contribution in [1.82, 2.24) is 20.2 Å². The van der Waals surface area contributed by atoms with Crippen molar-refractivity contribution in [2.45, 2.75) is 46.3 Å². The van der Waals surface area contributed by atoms with Crippen molar-refractivity contribution in [3.8, 4) is 0 Å². The Morgan fingerprint density at radius 1 is 1.11 bits per heavy atom. The summed E-state index contributed by atoms with van der Waals surface area (Å²) < 4.78 is 0. The predicted octanol–water partition coefficient (Wildman–Crippen LogP) is 3.59. The molecule has 2 N–H and O–H groups in total. The molecule has 2 aromatic carbocycles. The number of hydrogen-bond acceptors (Lipinski definition) is 3. The van der Waals surface area contributed by atoms with Crippen LogP contribution in [0.2, 0.25) is 0 Å². The minimum Gasteiger partial charge on any atom is -0.341 e. The summed E-state index contributed by atoms with van der Waals surface area (Å²) in [7, 11) is 0. The third-order valence-electron chi connectivity index (χ3n) is 5.49. The summed E-state index contributed by atoms with van der Waals surface area (Å²) in [4.78, 5) is 22.0. The number of aromatic nitrogens is 2. The van der Waals surface area contributed by atoms with Gasteiger partial charge in [0.25, 0.3) is 0 Å². The standard InChI is InChI=1S/C22H26N4O/c1-15-9-10-19-22(16(15)2)25-20(24-19)13-23-12-17-6-3-4-7-18(17)14-26-11-5-8-21(26)27/h3-4,6-7,9-10,23H,5,8,11-14H2,1-2H3,(H,24,25). The van der Waals surface area contributed by atoms with Crippen molar-refractivity contribution in [2.75, 3.05) is 6.54 Å². The maximum atomic E-state index is 11.9. The minimum absolute atomic E-state index is 0.269. The fourth-order valence-corrected chi connectivity index (χ4v) is 3.72. The molecule has 0 aliphatic carbocycles. The van der Waals surface area contributed by atoms with E-state index in [9.17, 15) is 4.79 Å². The van der Waals surface area contributed by atoms with Crippen molar-refractivity contribution < 1.29 is 4.79 Å². The zero-order valence-electron chi connectivity index (χ0n) is 16.0. The first-order valence-corrected chi connectivity index (χ1v) is 9.62. The van der Waals surface area contributed by atoms with Crippen LogP contribution in [-0.4, -0.2) is 27.3 Å². The van der Waals surface area contributed by atoms with Crippen molar-refractivity contribution >= 4 is 16.9 Å². The molecule has 0 spiro atoms. The molecule has 4 rings (SSSR count). The third-order valence-corrected chi connectivity index (χ3v) is 5.49. The molecule has 0 atom stereocenters. The third kappa shape index (κ3) is 3.74. The van der Waals surface area contributed by atoms with Crippen LogP contribution in [0.4, 0.5) is 0 Å². The van der Waals surface area contributed by atoms with Gasteiger partial charge in [-0.2, -0.15) is 0 Å². The Kier molecular flexibility index (Phi) is 4.94. The largest absolute Gasteiger partial charge is 0.341 e. The van der Waals surface area contributed by atoms with Crippen LogP contribution in [0.3, 0.4) is 0 Å². The summed E-state index contributed by atoms with van der Waals surface area (Å²) in [5, 5.41) is 3.49. The number of aromatic amines is 1. The van der Waals surface area contributed by atoms with Gasteiger partial charge in [-0.25, -0.2) is 4.98 Å². The Balaban J connectivity index is 1.42. The zero-order chi connectivity index (χ0) is 18.8. The highest BCUT2D eigenvalue weighted by atomic mass is 16.2. The summed E-state index contributed by atoms with van der Waals surface area (Å²) in [6.45, 7) is 7.25. The molecule has 1 saturated heterocycles. The monoisotopic (exact) mass is 362 g/mol. The van der Waals surface area contributed by atoms with Crippen molar-refractivity contribution in [1.29, 1.82) is 0 Å². The van der Waals surface area contributed by atoms with E-state index in [0.29, 0.717) is 19.5 Å². The smallest absolute Gasteiger partial charge is 0.222 e. The van der Waals surface area contributed by atoms with Gasteiger partial charge in [-0.05, 0) is 48.6 Å².